The largest absolute Gasteiger partial charge is 0.375 e. The Hall–Kier alpha value is -0.570. The van der Waals surface area contributed by atoms with Crippen LogP contribution in [-0.2, 0) is 9.53 Å². The molecular formula is C8H17NO2. The van der Waals surface area contributed by atoms with Crippen LogP contribution in [0.5, 0.6) is 0 Å². The van der Waals surface area contributed by atoms with E-state index in [1.807, 2.05) is 20.8 Å². The van der Waals surface area contributed by atoms with Crippen molar-refractivity contribution >= 4 is 5.91 Å². The van der Waals surface area contributed by atoms with Crippen LogP contribution in [-0.4, -0.2) is 37.1 Å². The number of carbonyl (C=O) groups is 1. The molecule has 0 radical (unpaired) electrons. The summed E-state index contributed by atoms with van der Waals surface area (Å²) in [6, 6.07) is 0. The molecule has 11 heavy (non-hydrogen) atoms. The predicted octanol–water partition coefficient (Wildman–Crippen LogP) is 0.890. The Morgan fingerprint density at radius 2 is 1.91 bits per heavy atom. The molecule has 0 aliphatic heterocycles. The summed E-state index contributed by atoms with van der Waals surface area (Å²) >= 11 is 0. The van der Waals surface area contributed by atoms with Gasteiger partial charge >= 0.3 is 0 Å². The van der Waals surface area contributed by atoms with Crippen LogP contribution in [0.15, 0.2) is 0 Å². The van der Waals surface area contributed by atoms with Crippen molar-refractivity contribution in [1.29, 1.82) is 0 Å². The van der Waals surface area contributed by atoms with Gasteiger partial charge < -0.3 is 9.64 Å². The number of rotatable bonds is 2. The first-order chi connectivity index (χ1) is 4.89. The van der Waals surface area contributed by atoms with Gasteiger partial charge in [-0.2, -0.15) is 0 Å². The van der Waals surface area contributed by atoms with E-state index in [9.17, 15) is 4.79 Å². The molecule has 0 bridgehead atoms. The molecule has 0 aliphatic carbocycles. The minimum Gasteiger partial charge on any atom is -0.375 e. The number of carbonyl (C=O) groups excluding carboxylic acids is 1. The van der Waals surface area contributed by atoms with E-state index in [0.29, 0.717) is 0 Å². The Morgan fingerprint density at radius 1 is 1.45 bits per heavy atom. The average Bonchev–Trinajstić information content (AvgIpc) is 1.85. The van der Waals surface area contributed by atoms with Crippen LogP contribution in [0.4, 0.5) is 0 Å². The molecule has 0 spiro atoms. The highest BCUT2D eigenvalue weighted by atomic mass is 16.5. The number of likely N-dealkylation sites (N-methyl/N-ethyl adjacent to an activating group) is 1. The molecule has 66 valence electrons. The van der Waals surface area contributed by atoms with E-state index in [1.165, 1.54) is 7.11 Å². The summed E-state index contributed by atoms with van der Waals surface area (Å²) in [5, 5.41) is 0. The monoisotopic (exact) mass is 159 g/mol. The first kappa shape index (κ1) is 10.4. The van der Waals surface area contributed by atoms with E-state index in [1.54, 1.807) is 11.9 Å². The summed E-state index contributed by atoms with van der Waals surface area (Å²) in [6.45, 7) is 6.12. The number of ether oxygens (including phenoxy) is 1. The third kappa shape index (κ3) is 3.37. The molecular weight excluding hydrogens is 142 g/mol. The fourth-order valence-corrected chi connectivity index (χ4v) is 0.594. The molecule has 0 saturated carbocycles. The predicted molar refractivity (Wildman–Crippen MR) is 44.4 cm³/mol. The summed E-state index contributed by atoms with van der Waals surface area (Å²) < 4.78 is 4.73. The lowest BCUT2D eigenvalue weighted by Gasteiger charge is -2.31. The maximum absolute atomic E-state index is 11.2. The molecule has 0 saturated heterocycles. The highest BCUT2D eigenvalue weighted by Crippen LogP contribution is 2.09. The van der Waals surface area contributed by atoms with E-state index in [0.717, 1.165) is 0 Å². The molecule has 0 heterocycles. The van der Waals surface area contributed by atoms with Gasteiger partial charge in [0.1, 0.15) is 6.61 Å². The Bertz CT molecular complexity index is 138. The van der Waals surface area contributed by atoms with Gasteiger partial charge in [-0.25, -0.2) is 0 Å². The van der Waals surface area contributed by atoms with Crippen molar-refractivity contribution in [2.75, 3.05) is 20.8 Å². The Morgan fingerprint density at radius 3 is 2.18 bits per heavy atom. The molecule has 0 aromatic carbocycles. The molecule has 0 N–H and O–H groups in total. The van der Waals surface area contributed by atoms with Crippen LogP contribution in [0.3, 0.4) is 0 Å². The minimum absolute atomic E-state index is 0.0139. The molecule has 1 amide bonds. The van der Waals surface area contributed by atoms with E-state index in [-0.39, 0.29) is 18.1 Å². The second kappa shape index (κ2) is 3.72. The number of hydrogen-bond donors (Lipinski definition) is 0. The molecule has 0 aromatic rings. The summed E-state index contributed by atoms with van der Waals surface area (Å²) in [5.41, 5.74) is -0.115. The fraction of sp³-hybridized carbons (Fsp3) is 0.875. The number of methoxy groups -OCH3 is 1. The van der Waals surface area contributed by atoms with Crippen molar-refractivity contribution in [2.24, 2.45) is 0 Å². The average molecular weight is 159 g/mol. The topological polar surface area (TPSA) is 29.5 Å². The maximum Gasteiger partial charge on any atom is 0.248 e. The Kier molecular flexibility index (Phi) is 3.52. The molecule has 0 atom stereocenters. The standard InChI is InChI=1S/C8H17NO2/c1-8(2,3)9(4)7(10)6-11-5/h6H2,1-5H3. The van der Waals surface area contributed by atoms with E-state index < -0.39 is 0 Å². The van der Waals surface area contributed by atoms with Gasteiger partial charge in [0, 0.05) is 19.7 Å². The van der Waals surface area contributed by atoms with Gasteiger partial charge in [0.25, 0.3) is 0 Å². The Balaban J connectivity index is 4.03. The van der Waals surface area contributed by atoms with E-state index >= 15 is 0 Å². The molecule has 0 rings (SSSR count). The van der Waals surface area contributed by atoms with Crippen LogP contribution >= 0.6 is 0 Å². The second-order valence-corrected chi connectivity index (χ2v) is 3.56. The van der Waals surface area contributed by atoms with Crippen molar-refractivity contribution in [1.82, 2.24) is 4.90 Å². The number of hydrogen-bond acceptors (Lipinski definition) is 2. The third-order valence-electron chi connectivity index (χ3n) is 1.65. The lowest BCUT2D eigenvalue weighted by molar-refractivity contribution is -0.138. The number of amides is 1. The molecule has 0 unspecified atom stereocenters. The van der Waals surface area contributed by atoms with Gasteiger partial charge in [0.05, 0.1) is 0 Å². The van der Waals surface area contributed by atoms with Crippen molar-refractivity contribution in [3.05, 3.63) is 0 Å². The second-order valence-electron chi connectivity index (χ2n) is 3.56. The summed E-state index contributed by atoms with van der Waals surface area (Å²) in [7, 11) is 3.30. The van der Waals surface area contributed by atoms with Crippen LogP contribution < -0.4 is 0 Å². The smallest absolute Gasteiger partial charge is 0.248 e. The summed E-state index contributed by atoms with van der Waals surface area (Å²) in [5.74, 6) is 0.0139. The van der Waals surface area contributed by atoms with Crippen molar-refractivity contribution in [3.63, 3.8) is 0 Å². The first-order valence-electron chi connectivity index (χ1n) is 3.65. The van der Waals surface area contributed by atoms with Crippen LogP contribution in [0.25, 0.3) is 0 Å². The van der Waals surface area contributed by atoms with Gasteiger partial charge in [0.15, 0.2) is 0 Å². The van der Waals surface area contributed by atoms with Gasteiger partial charge in [-0.3, -0.25) is 4.79 Å². The van der Waals surface area contributed by atoms with E-state index in [2.05, 4.69) is 0 Å². The molecule has 0 aliphatic rings. The number of nitrogens with zero attached hydrogens (tertiary/aromatic N) is 1. The summed E-state index contributed by atoms with van der Waals surface area (Å²) in [4.78, 5) is 12.9. The van der Waals surface area contributed by atoms with Crippen LogP contribution in [0.2, 0.25) is 0 Å². The lowest BCUT2D eigenvalue weighted by Crippen LogP contribution is -2.44. The van der Waals surface area contributed by atoms with Gasteiger partial charge in [0.2, 0.25) is 5.91 Å². The summed E-state index contributed by atoms with van der Waals surface area (Å²) in [6.07, 6.45) is 0. The zero-order valence-electron chi connectivity index (χ0n) is 7.97. The van der Waals surface area contributed by atoms with E-state index in [4.69, 9.17) is 4.74 Å². The SMILES string of the molecule is COCC(=O)N(C)C(C)(C)C. The quantitative estimate of drug-likeness (QED) is 0.599. The van der Waals surface area contributed by atoms with Gasteiger partial charge in [-0.1, -0.05) is 0 Å². The zero-order valence-corrected chi connectivity index (χ0v) is 7.97. The van der Waals surface area contributed by atoms with Crippen LogP contribution in [0.1, 0.15) is 20.8 Å². The van der Waals surface area contributed by atoms with Gasteiger partial charge in [-0.15, -0.1) is 0 Å². The maximum atomic E-state index is 11.2. The highest BCUT2D eigenvalue weighted by Gasteiger charge is 2.21. The van der Waals surface area contributed by atoms with Crippen molar-refractivity contribution in [2.45, 2.75) is 26.3 Å². The lowest BCUT2D eigenvalue weighted by atomic mass is 10.1. The fourth-order valence-electron chi connectivity index (χ4n) is 0.594. The normalized spacial score (nSPS) is 11.4. The highest BCUT2D eigenvalue weighted by molar-refractivity contribution is 5.77. The molecule has 0 fully saturated rings. The van der Waals surface area contributed by atoms with Gasteiger partial charge in [-0.05, 0) is 20.8 Å². The van der Waals surface area contributed by atoms with Crippen molar-refractivity contribution < 1.29 is 9.53 Å². The molecule has 0 aromatic heterocycles. The molecule has 3 heteroatoms. The third-order valence-corrected chi connectivity index (χ3v) is 1.65. The Labute approximate surface area is 68.3 Å². The van der Waals surface area contributed by atoms with Crippen molar-refractivity contribution in [3.8, 4) is 0 Å². The molecule has 3 nitrogen and oxygen atoms in total. The zero-order chi connectivity index (χ0) is 9.07. The first-order valence-corrected chi connectivity index (χ1v) is 3.65. The minimum atomic E-state index is -0.115. The van der Waals surface area contributed by atoms with Crippen LogP contribution in [0, 0.1) is 0 Å².